The number of aromatic nitrogens is 1. The molecule has 0 radical (unpaired) electrons. The minimum atomic E-state index is -0.220. The molecule has 1 aliphatic rings. The Morgan fingerprint density at radius 2 is 2.35 bits per heavy atom. The fourth-order valence-corrected chi connectivity index (χ4v) is 2.30. The van der Waals surface area contributed by atoms with Gasteiger partial charge in [-0.25, -0.2) is 4.98 Å². The zero-order valence-corrected chi connectivity index (χ0v) is 11.8. The van der Waals surface area contributed by atoms with Crippen molar-refractivity contribution in [1.29, 1.82) is 0 Å². The van der Waals surface area contributed by atoms with Gasteiger partial charge in [0.2, 0.25) is 0 Å². The second kappa shape index (κ2) is 7.06. The Kier molecular flexibility index (Phi) is 5.14. The third-order valence-electron chi connectivity index (χ3n) is 3.68. The van der Waals surface area contributed by atoms with Gasteiger partial charge in [-0.3, -0.25) is 4.79 Å². The van der Waals surface area contributed by atoms with Crippen LogP contribution < -0.4 is 0 Å². The van der Waals surface area contributed by atoms with Crippen molar-refractivity contribution in [3.63, 3.8) is 0 Å². The lowest BCUT2D eigenvalue weighted by Crippen LogP contribution is -2.38. The molecule has 0 bridgehead atoms. The predicted molar refractivity (Wildman–Crippen MR) is 77.1 cm³/mol. The van der Waals surface area contributed by atoms with Gasteiger partial charge in [-0.1, -0.05) is 18.3 Å². The smallest absolute Gasteiger partial charge is 0.273 e. The summed E-state index contributed by atoms with van der Waals surface area (Å²) in [6.07, 6.45) is 5.30. The first-order valence-electron chi connectivity index (χ1n) is 7.10. The van der Waals surface area contributed by atoms with Gasteiger partial charge in [0.1, 0.15) is 12.3 Å². The molecule has 1 aromatic rings. The van der Waals surface area contributed by atoms with E-state index in [1.165, 1.54) is 19.3 Å². The number of hydrogen-bond acceptors (Lipinski definition) is 3. The van der Waals surface area contributed by atoms with Gasteiger partial charge in [-0.2, -0.15) is 0 Å². The van der Waals surface area contributed by atoms with Gasteiger partial charge in [0, 0.05) is 19.3 Å². The van der Waals surface area contributed by atoms with E-state index < -0.39 is 0 Å². The largest absolute Gasteiger partial charge is 0.384 e. The van der Waals surface area contributed by atoms with Crippen molar-refractivity contribution < 1.29 is 9.90 Å². The van der Waals surface area contributed by atoms with Gasteiger partial charge in [0.25, 0.3) is 5.91 Å². The quantitative estimate of drug-likeness (QED) is 0.849. The average molecular weight is 272 g/mol. The molecule has 4 heteroatoms. The van der Waals surface area contributed by atoms with Crippen molar-refractivity contribution in [2.75, 3.05) is 19.7 Å². The second-order valence-corrected chi connectivity index (χ2v) is 5.00. The molecule has 1 saturated carbocycles. The predicted octanol–water partition coefficient (Wildman–Crippen LogP) is 1.69. The maximum Gasteiger partial charge on any atom is 0.273 e. The number of amides is 1. The SMILES string of the molecule is CCN(CC1CCC1)C(=O)c1ncccc1C#CCO. The van der Waals surface area contributed by atoms with Crippen LogP contribution in [-0.2, 0) is 0 Å². The zero-order chi connectivity index (χ0) is 14.4. The highest BCUT2D eigenvalue weighted by Crippen LogP contribution is 2.27. The lowest BCUT2D eigenvalue weighted by Gasteiger charge is -2.31. The van der Waals surface area contributed by atoms with Crippen LogP contribution >= 0.6 is 0 Å². The van der Waals surface area contributed by atoms with Crippen molar-refractivity contribution in [3.8, 4) is 11.8 Å². The molecule has 1 amide bonds. The van der Waals surface area contributed by atoms with Crippen LogP contribution in [0.1, 0.15) is 42.2 Å². The Labute approximate surface area is 119 Å². The van der Waals surface area contributed by atoms with Gasteiger partial charge in [-0.15, -0.1) is 0 Å². The number of pyridine rings is 1. The highest BCUT2D eigenvalue weighted by Gasteiger charge is 2.25. The highest BCUT2D eigenvalue weighted by molar-refractivity contribution is 5.94. The fraction of sp³-hybridized carbons (Fsp3) is 0.500. The fourth-order valence-electron chi connectivity index (χ4n) is 2.30. The highest BCUT2D eigenvalue weighted by atomic mass is 16.2. The Balaban J connectivity index is 2.17. The summed E-state index contributed by atoms with van der Waals surface area (Å²) < 4.78 is 0. The summed E-state index contributed by atoms with van der Waals surface area (Å²) in [7, 11) is 0. The van der Waals surface area contributed by atoms with E-state index in [0.717, 1.165) is 6.54 Å². The topological polar surface area (TPSA) is 53.4 Å². The Morgan fingerprint density at radius 1 is 1.55 bits per heavy atom. The number of nitrogens with zero attached hydrogens (tertiary/aromatic N) is 2. The van der Waals surface area contributed by atoms with E-state index in [9.17, 15) is 4.79 Å². The van der Waals surface area contributed by atoms with Gasteiger partial charge < -0.3 is 10.0 Å². The number of rotatable bonds is 4. The minimum absolute atomic E-state index is 0.0674. The number of aliphatic hydroxyl groups excluding tert-OH is 1. The van der Waals surface area contributed by atoms with Crippen LogP contribution in [0.5, 0.6) is 0 Å². The summed E-state index contributed by atoms with van der Waals surface area (Å²) in [5.74, 6) is 5.94. The first kappa shape index (κ1) is 14.5. The van der Waals surface area contributed by atoms with E-state index in [1.807, 2.05) is 11.8 Å². The summed E-state index contributed by atoms with van der Waals surface area (Å²) in [6.45, 7) is 3.25. The van der Waals surface area contributed by atoms with Crippen molar-refractivity contribution in [2.24, 2.45) is 5.92 Å². The summed E-state index contributed by atoms with van der Waals surface area (Å²) in [5, 5.41) is 8.78. The molecule has 0 unspecified atom stereocenters. The zero-order valence-electron chi connectivity index (χ0n) is 11.8. The van der Waals surface area contributed by atoms with E-state index >= 15 is 0 Å². The van der Waals surface area contributed by atoms with Gasteiger partial charge in [0.05, 0.1) is 5.56 Å². The van der Waals surface area contributed by atoms with Crippen molar-refractivity contribution in [2.45, 2.75) is 26.2 Å². The molecule has 0 aromatic carbocycles. The molecule has 1 fully saturated rings. The molecule has 0 spiro atoms. The Hall–Kier alpha value is -1.86. The molecule has 2 rings (SSSR count). The van der Waals surface area contributed by atoms with Crippen LogP contribution in [0.15, 0.2) is 18.3 Å². The van der Waals surface area contributed by atoms with E-state index in [4.69, 9.17) is 5.11 Å². The normalized spacial score (nSPS) is 14.1. The molecule has 0 aliphatic heterocycles. The van der Waals surface area contributed by atoms with Gasteiger partial charge in [-0.05, 0) is 37.8 Å². The Morgan fingerprint density at radius 3 is 2.95 bits per heavy atom. The van der Waals surface area contributed by atoms with Crippen molar-refractivity contribution >= 4 is 5.91 Å². The summed E-state index contributed by atoms with van der Waals surface area (Å²) in [4.78, 5) is 18.6. The minimum Gasteiger partial charge on any atom is -0.384 e. The number of hydrogen-bond donors (Lipinski definition) is 1. The van der Waals surface area contributed by atoms with Gasteiger partial charge >= 0.3 is 0 Å². The average Bonchev–Trinajstić information content (AvgIpc) is 2.44. The molecular weight excluding hydrogens is 252 g/mol. The molecule has 1 N–H and O–H groups in total. The third-order valence-corrected chi connectivity index (χ3v) is 3.68. The van der Waals surface area contributed by atoms with Crippen LogP contribution in [0.25, 0.3) is 0 Å². The number of carbonyl (C=O) groups excluding carboxylic acids is 1. The molecular formula is C16H20N2O2. The van der Waals surface area contributed by atoms with Crippen molar-refractivity contribution in [1.82, 2.24) is 9.88 Å². The molecule has 106 valence electrons. The van der Waals surface area contributed by atoms with Crippen molar-refractivity contribution in [3.05, 3.63) is 29.6 Å². The van der Waals surface area contributed by atoms with E-state index in [-0.39, 0.29) is 12.5 Å². The number of carbonyl (C=O) groups is 1. The molecule has 1 heterocycles. The van der Waals surface area contributed by atoms with E-state index in [2.05, 4.69) is 16.8 Å². The second-order valence-electron chi connectivity index (χ2n) is 5.00. The van der Waals surface area contributed by atoms with Crippen LogP contribution in [0.3, 0.4) is 0 Å². The molecule has 1 aliphatic carbocycles. The van der Waals surface area contributed by atoms with E-state index in [1.54, 1.807) is 18.3 Å². The van der Waals surface area contributed by atoms with Crippen LogP contribution in [0.2, 0.25) is 0 Å². The maximum absolute atomic E-state index is 12.6. The lowest BCUT2D eigenvalue weighted by atomic mass is 9.85. The molecule has 1 aromatic heterocycles. The standard InChI is InChI=1S/C16H20N2O2/c1-2-18(12-13-6-3-7-13)16(20)15-14(9-5-11-19)8-4-10-17-15/h4,8,10,13,19H,2-3,6-7,11-12H2,1H3. The van der Waals surface area contributed by atoms with Crippen LogP contribution in [0.4, 0.5) is 0 Å². The molecule has 0 saturated heterocycles. The van der Waals surface area contributed by atoms with E-state index in [0.29, 0.717) is 23.7 Å². The molecule has 4 nitrogen and oxygen atoms in total. The summed E-state index contributed by atoms with van der Waals surface area (Å²) in [5.41, 5.74) is 0.966. The van der Waals surface area contributed by atoms with Gasteiger partial charge in [0.15, 0.2) is 0 Å². The molecule has 20 heavy (non-hydrogen) atoms. The van der Waals surface area contributed by atoms with Crippen LogP contribution in [0, 0.1) is 17.8 Å². The first-order chi connectivity index (χ1) is 9.76. The maximum atomic E-state index is 12.6. The summed E-state index contributed by atoms with van der Waals surface area (Å²) in [6, 6.07) is 3.51. The molecule has 0 atom stereocenters. The lowest BCUT2D eigenvalue weighted by molar-refractivity contribution is 0.0700. The third kappa shape index (κ3) is 3.37. The Bertz CT molecular complexity index is 527. The van der Waals surface area contributed by atoms with Crippen LogP contribution in [-0.4, -0.2) is 40.6 Å². The number of aliphatic hydroxyl groups is 1. The monoisotopic (exact) mass is 272 g/mol. The summed E-state index contributed by atoms with van der Waals surface area (Å²) >= 11 is 0. The first-order valence-corrected chi connectivity index (χ1v) is 7.10.